The van der Waals surface area contributed by atoms with Crippen LogP contribution in [0.2, 0.25) is 0 Å². The molecule has 0 aromatic heterocycles. The summed E-state index contributed by atoms with van der Waals surface area (Å²) < 4.78 is 5.23. The molecule has 0 saturated heterocycles. The number of unbranched alkanes of at least 4 members (excludes halogenated alkanes) is 11. The van der Waals surface area contributed by atoms with E-state index in [0.717, 1.165) is 19.3 Å². The molecule has 0 radical (unpaired) electrons. The summed E-state index contributed by atoms with van der Waals surface area (Å²) in [7, 11) is 0. The highest BCUT2D eigenvalue weighted by molar-refractivity contribution is 5.69. The highest BCUT2D eigenvalue weighted by atomic mass is 16.5. The van der Waals surface area contributed by atoms with E-state index < -0.39 is 5.41 Å². The lowest BCUT2D eigenvalue weighted by Gasteiger charge is -2.27. The highest BCUT2D eigenvalue weighted by Gasteiger charge is 2.28. The van der Waals surface area contributed by atoms with Crippen molar-refractivity contribution >= 4 is 5.97 Å². The Kier molecular flexibility index (Phi) is 18.8. The molecule has 2 N–H and O–H groups in total. The molecule has 28 heavy (non-hydrogen) atoms. The van der Waals surface area contributed by atoms with Gasteiger partial charge in [-0.25, -0.2) is 0 Å². The van der Waals surface area contributed by atoms with Crippen molar-refractivity contribution in [2.24, 2.45) is 5.41 Å². The van der Waals surface area contributed by atoms with E-state index in [9.17, 15) is 15.0 Å². The van der Waals surface area contributed by atoms with E-state index in [1.807, 2.05) is 6.92 Å². The Labute approximate surface area is 173 Å². The first-order chi connectivity index (χ1) is 13.6. The fraction of sp³-hybridized carbons (Fsp3) is 0.875. The molecule has 0 aromatic rings. The Morgan fingerprint density at radius 2 is 1.29 bits per heavy atom. The molecule has 0 amide bonds. The van der Waals surface area contributed by atoms with Gasteiger partial charge in [-0.15, -0.1) is 0 Å². The van der Waals surface area contributed by atoms with Gasteiger partial charge < -0.3 is 14.9 Å². The van der Waals surface area contributed by atoms with Crippen LogP contribution in [0.5, 0.6) is 0 Å². The maximum absolute atomic E-state index is 11.8. The molecule has 0 aromatic carbocycles. The van der Waals surface area contributed by atoms with Crippen LogP contribution in [0.1, 0.15) is 110 Å². The molecule has 0 heterocycles. The van der Waals surface area contributed by atoms with E-state index >= 15 is 0 Å². The molecule has 0 saturated carbocycles. The van der Waals surface area contributed by atoms with Gasteiger partial charge in [-0.2, -0.15) is 0 Å². The minimum Gasteiger partial charge on any atom is -0.465 e. The fourth-order valence-electron chi connectivity index (χ4n) is 3.11. The third-order valence-electron chi connectivity index (χ3n) is 5.60. The van der Waals surface area contributed by atoms with Gasteiger partial charge in [-0.3, -0.25) is 4.79 Å². The lowest BCUT2D eigenvalue weighted by Crippen LogP contribution is -2.35. The monoisotopic (exact) mass is 398 g/mol. The Bertz CT molecular complexity index is 367. The molecule has 0 spiro atoms. The largest absolute Gasteiger partial charge is 0.465 e. The van der Waals surface area contributed by atoms with Crippen LogP contribution in [-0.2, 0) is 9.53 Å². The Morgan fingerprint density at radius 3 is 1.79 bits per heavy atom. The minimum atomic E-state index is -0.696. The summed E-state index contributed by atoms with van der Waals surface area (Å²) in [4.78, 5) is 11.8. The second-order valence-electron chi connectivity index (χ2n) is 8.16. The maximum atomic E-state index is 11.8. The molecule has 4 heteroatoms. The van der Waals surface area contributed by atoms with Gasteiger partial charge in [-0.1, -0.05) is 77.4 Å². The van der Waals surface area contributed by atoms with Gasteiger partial charge in [0.25, 0.3) is 0 Å². The number of carbonyl (C=O) groups is 1. The highest BCUT2D eigenvalue weighted by Crippen LogP contribution is 2.21. The van der Waals surface area contributed by atoms with E-state index in [1.54, 1.807) is 0 Å². The third kappa shape index (κ3) is 15.1. The second kappa shape index (κ2) is 19.4. The third-order valence-corrected chi connectivity index (χ3v) is 5.60. The predicted octanol–water partition coefficient (Wildman–Crippen LogP) is 5.95. The van der Waals surface area contributed by atoms with Gasteiger partial charge in [0.1, 0.15) is 6.61 Å². The summed E-state index contributed by atoms with van der Waals surface area (Å²) in [5.41, 5.74) is -0.696. The first-order valence-electron chi connectivity index (χ1n) is 11.7. The molecule has 4 nitrogen and oxygen atoms in total. The summed E-state index contributed by atoms with van der Waals surface area (Å²) in [6.45, 7) is 3.90. The molecule has 0 aliphatic heterocycles. The zero-order valence-electron chi connectivity index (χ0n) is 18.6. The molecule has 0 atom stereocenters. The quantitative estimate of drug-likeness (QED) is 0.151. The Hall–Kier alpha value is -0.870. The van der Waals surface area contributed by atoms with Gasteiger partial charge in [-0.05, 0) is 38.5 Å². The number of allylic oxidation sites excluding steroid dienone is 2. The van der Waals surface area contributed by atoms with Crippen molar-refractivity contribution in [3.8, 4) is 0 Å². The Morgan fingerprint density at radius 1 is 0.786 bits per heavy atom. The van der Waals surface area contributed by atoms with Gasteiger partial charge in [0.2, 0.25) is 0 Å². The summed E-state index contributed by atoms with van der Waals surface area (Å²) >= 11 is 0. The smallest absolute Gasteiger partial charge is 0.305 e. The normalized spacial score (nSPS) is 12.0. The molecule has 0 rings (SSSR count). The first kappa shape index (κ1) is 27.1. The molecule has 0 unspecified atom stereocenters. The second-order valence-corrected chi connectivity index (χ2v) is 8.16. The maximum Gasteiger partial charge on any atom is 0.305 e. The van der Waals surface area contributed by atoms with Crippen LogP contribution >= 0.6 is 0 Å². The molecule has 0 aliphatic carbocycles. The van der Waals surface area contributed by atoms with E-state index in [4.69, 9.17) is 4.74 Å². The van der Waals surface area contributed by atoms with Crippen molar-refractivity contribution in [1.82, 2.24) is 0 Å². The zero-order valence-corrected chi connectivity index (χ0v) is 18.6. The lowest BCUT2D eigenvalue weighted by atomic mass is 9.88. The lowest BCUT2D eigenvalue weighted by molar-refractivity contribution is -0.149. The molecule has 0 fully saturated rings. The molecule has 166 valence electrons. The summed E-state index contributed by atoms with van der Waals surface area (Å²) in [5.74, 6) is -0.225. The van der Waals surface area contributed by atoms with Crippen molar-refractivity contribution < 1.29 is 19.7 Å². The number of aliphatic hydroxyl groups is 2. The van der Waals surface area contributed by atoms with E-state index in [1.165, 1.54) is 64.2 Å². The van der Waals surface area contributed by atoms with Crippen LogP contribution in [0.15, 0.2) is 12.2 Å². The summed E-state index contributed by atoms with van der Waals surface area (Å²) in [6.07, 6.45) is 21.7. The number of hydrogen-bond acceptors (Lipinski definition) is 4. The van der Waals surface area contributed by atoms with Crippen LogP contribution in [0.4, 0.5) is 0 Å². The van der Waals surface area contributed by atoms with Crippen molar-refractivity contribution in [1.29, 1.82) is 0 Å². The van der Waals surface area contributed by atoms with Crippen molar-refractivity contribution in [3.63, 3.8) is 0 Å². The van der Waals surface area contributed by atoms with Gasteiger partial charge in [0, 0.05) is 6.42 Å². The van der Waals surface area contributed by atoms with Gasteiger partial charge >= 0.3 is 5.97 Å². The standard InChI is InChI=1S/C24H46O4/c1-3-5-6-7-8-9-10-11-12-13-14-15-16-17-18-19-23(27)28-22-24(4-2,20-25)21-26/h11-12,25-26H,3-10,13-22H2,1-2H3/b12-11-. The van der Waals surface area contributed by atoms with Crippen LogP contribution in [0, 0.1) is 5.41 Å². The van der Waals surface area contributed by atoms with E-state index in [-0.39, 0.29) is 25.8 Å². The minimum absolute atomic E-state index is 0.0976. The number of aliphatic hydroxyl groups excluding tert-OH is 2. The van der Waals surface area contributed by atoms with E-state index in [2.05, 4.69) is 19.1 Å². The molecular weight excluding hydrogens is 352 g/mol. The number of rotatable bonds is 20. The van der Waals surface area contributed by atoms with Crippen LogP contribution < -0.4 is 0 Å². The summed E-state index contributed by atoms with van der Waals surface area (Å²) in [6, 6.07) is 0. The Balaban J connectivity index is 3.45. The number of esters is 1. The SMILES string of the molecule is CCCCCCCC/C=C\CCCCCCCC(=O)OCC(CC)(CO)CO. The van der Waals surface area contributed by atoms with Gasteiger partial charge in [0.05, 0.1) is 18.6 Å². The predicted molar refractivity (Wildman–Crippen MR) is 117 cm³/mol. The van der Waals surface area contributed by atoms with Crippen LogP contribution in [-0.4, -0.2) is 36.0 Å². The van der Waals surface area contributed by atoms with Crippen LogP contribution in [0.25, 0.3) is 0 Å². The molecular formula is C24H46O4. The van der Waals surface area contributed by atoms with Crippen molar-refractivity contribution in [3.05, 3.63) is 12.2 Å². The van der Waals surface area contributed by atoms with Gasteiger partial charge in [0.15, 0.2) is 0 Å². The van der Waals surface area contributed by atoms with Crippen molar-refractivity contribution in [2.45, 2.75) is 110 Å². The number of carbonyl (C=O) groups excluding carboxylic acids is 1. The average molecular weight is 399 g/mol. The van der Waals surface area contributed by atoms with Crippen LogP contribution in [0.3, 0.4) is 0 Å². The zero-order chi connectivity index (χ0) is 20.9. The average Bonchev–Trinajstić information content (AvgIpc) is 2.72. The molecule has 0 bridgehead atoms. The molecule has 0 aliphatic rings. The fourth-order valence-corrected chi connectivity index (χ4v) is 3.11. The van der Waals surface area contributed by atoms with Crippen molar-refractivity contribution in [2.75, 3.05) is 19.8 Å². The summed E-state index contributed by atoms with van der Waals surface area (Å²) in [5, 5.41) is 18.7. The van der Waals surface area contributed by atoms with E-state index in [0.29, 0.717) is 12.8 Å². The number of ether oxygens (including phenoxy) is 1. The first-order valence-corrected chi connectivity index (χ1v) is 11.7. The number of hydrogen-bond donors (Lipinski definition) is 2. The topological polar surface area (TPSA) is 66.8 Å².